The van der Waals surface area contributed by atoms with Crippen molar-refractivity contribution < 1.29 is 14.0 Å². The fourth-order valence-electron chi connectivity index (χ4n) is 1.76. The third kappa shape index (κ3) is 3.85. The van der Waals surface area contributed by atoms with Gasteiger partial charge in [-0.25, -0.2) is 0 Å². The Bertz CT molecular complexity index is 845. The van der Waals surface area contributed by atoms with Crippen LogP contribution in [-0.2, 0) is 0 Å². The van der Waals surface area contributed by atoms with Crippen LogP contribution in [0.15, 0.2) is 56.9 Å². The molecule has 0 bridgehead atoms. The molecular weight excluding hydrogens is 382 g/mol. The highest BCUT2D eigenvalue weighted by Gasteiger charge is 2.15. The van der Waals surface area contributed by atoms with Gasteiger partial charge in [-0.3, -0.25) is 14.9 Å². The van der Waals surface area contributed by atoms with Crippen LogP contribution in [-0.4, -0.2) is 16.8 Å². The lowest BCUT2D eigenvalue weighted by Gasteiger charge is -2.02. The number of carbonyl (C=O) groups is 2. The van der Waals surface area contributed by atoms with Crippen molar-refractivity contribution in [3.63, 3.8) is 0 Å². The number of anilines is 2. The highest BCUT2D eigenvalue weighted by atomic mass is 79.9. The molecule has 116 valence electrons. The van der Waals surface area contributed by atoms with E-state index in [-0.39, 0.29) is 17.6 Å². The Morgan fingerprint density at radius 3 is 2.74 bits per heavy atom. The molecule has 2 heterocycles. The summed E-state index contributed by atoms with van der Waals surface area (Å²) in [4.78, 5) is 28.5. The zero-order valence-electron chi connectivity index (χ0n) is 11.6. The lowest BCUT2D eigenvalue weighted by Crippen LogP contribution is -2.13. The van der Waals surface area contributed by atoms with Crippen LogP contribution in [0, 0.1) is 0 Å². The van der Waals surface area contributed by atoms with Crippen molar-refractivity contribution in [1.29, 1.82) is 0 Å². The van der Waals surface area contributed by atoms with Crippen LogP contribution in [0.2, 0.25) is 0 Å². The first-order valence-electron chi connectivity index (χ1n) is 6.49. The predicted molar refractivity (Wildman–Crippen MR) is 90.9 cm³/mol. The Labute approximate surface area is 143 Å². The summed E-state index contributed by atoms with van der Waals surface area (Å²) in [6.45, 7) is 0. The molecule has 6 nitrogen and oxygen atoms in total. The minimum atomic E-state index is -0.427. The summed E-state index contributed by atoms with van der Waals surface area (Å²) in [6, 6.07) is 10.6. The molecule has 0 unspecified atom stereocenters. The fourth-order valence-corrected chi connectivity index (χ4v) is 2.78. The number of aromatic nitrogens is 1. The van der Waals surface area contributed by atoms with Crippen LogP contribution in [0.25, 0.3) is 0 Å². The Balaban J connectivity index is 1.66. The highest BCUT2D eigenvalue weighted by molar-refractivity contribution is 9.10. The molecule has 0 atom stereocenters. The van der Waals surface area contributed by atoms with E-state index < -0.39 is 5.91 Å². The quantitative estimate of drug-likeness (QED) is 0.703. The normalized spacial score (nSPS) is 10.3. The Morgan fingerprint density at radius 2 is 2.00 bits per heavy atom. The summed E-state index contributed by atoms with van der Waals surface area (Å²) < 4.78 is 5.95. The number of thiophene rings is 1. The van der Waals surface area contributed by atoms with Gasteiger partial charge in [0.05, 0.1) is 4.88 Å². The van der Waals surface area contributed by atoms with Crippen molar-refractivity contribution in [3.05, 3.63) is 63.1 Å². The molecule has 3 aromatic rings. The number of nitrogens with zero attached hydrogens (tertiary/aromatic N) is 1. The molecule has 3 rings (SSSR count). The van der Waals surface area contributed by atoms with E-state index in [1.807, 2.05) is 6.07 Å². The third-order valence-electron chi connectivity index (χ3n) is 2.78. The van der Waals surface area contributed by atoms with Crippen molar-refractivity contribution in [2.24, 2.45) is 0 Å². The molecule has 2 aromatic heterocycles. The standard InChI is InChI=1S/C15H10BrN3O3S/c16-9-3-1-4-10(7-9)17-13(20)11-8-22-15(18-11)19-14(21)12-5-2-6-23-12/h1-8H,(H,17,20)(H,18,19,21). The summed E-state index contributed by atoms with van der Waals surface area (Å²) in [5.74, 6) is -0.760. The number of halogens is 1. The first-order chi connectivity index (χ1) is 11.1. The van der Waals surface area contributed by atoms with Crippen molar-refractivity contribution in [1.82, 2.24) is 4.98 Å². The summed E-state index contributed by atoms with van der Waals surface area (Å²) in [5.41, 5.74) is 0.697. The Hall–Kier alpha value is -2.45. The maximum Gasteiger partial charge on any atom is 0.302 e. The van der Waals surface area contributed by atoms with Gasteiger partial charge in [0.15, 0.2) is 5.69 Å². The molecule has 0 spiro atoms. The number of rotatable bonds is 4. The SMILES string of the molecule is O=C(Nc1cccc(Br)c1)c1coc(NC(=O)c2cccs2)n1. The summed E-state index contributed by atoms with van der Waals surface area (Å²) in [7, 11) is 0. The van der Waals surface area contributed by atoms with E-state index in [4.69, 9.17) is 4.42 Å². The van der Waals surface area contributed by atoms with E-state index >= 15 is 0 Å². The van der Waals surface area contributed by atoms with Crippen LogP contribution in [0.1, 0.15) is 20.2 Å². The minimum Gasteiger partial charge on any atom is -0.431 e. The number of hydrogen-bond acceptors (Lipinski definition) is 5. The number of nitrogens with one attached hydrogen (secondary N) is 2. The average molecular weight is 392 g/mol. The van der Waals surface area contributed by atoms with Crippen molar-refractivity contribution >= 4 is 50.8 Å². The van der Waals surface area contributed by atoms with Gasteiger partial charge in [0.2, 0.25) is 0 Å². The van der Waals surface area contributed by atoms with Gasteiger partial charge >= 0.3 is 6.01 Å². The van der Waals surface area contributed by atoms with Crippen molar-refractivity contribution in [2.45, 2.75) is 0 Å². The number of carbonyl (C=O) groups excluding carboxylic acids is 2. The molecule has 0 radical (unpaired) electrons. The van der Waals surface area contributed by atoms with Crippen molar-refractivity contribution in [3.8, 4) is 0 Å². The maximum absolute atomic E-state index is 12.1. The lowest BCUT2D eigenvalue weighted by molar-refractivity contribution is 0.101. The molecule has 0 fully saturated rings. The van der Waals surface area contributed by atoms with Crippen LogP contribution in [0.4, 0.5) is 11.7 Å². The first-order valence-corrected chi connectivity index (χ1v) is 8.16. The smallest absolute Gasteiger partial charge is 0.302 e. The van der Waals surface area contributed by atoms with Gasteiger partial charge < -0.3 is 9.73 Å². The van der Waals surface area contributed by atoms with E-state index in [1.54, 1.807) is 35.7 Å². The molecule has 0 aliphatic heterocycles. The topological polar surface area (TPSA) is 84.2 Å². The van der Waals surface area contributed by atoms with E-state index in [2.05, 4.69) is 31.5 Å². The number of hydrogen-bond donors (Lipinski definition) is 2. The monoisotopic (exact) mass is 391 g/mol. The third-order valence-corrected chi connectivity index (χ3v) is 4.15. The molecule has 2 amide bonds. The average Bonchev–Trinajstić information content (AvgIpc) is 3.18. The number of oxazole rings is 1. The number of benzene rings is 1. The Morgan fingerprint density at radius 1 is 1.13 bits per heavy atom. The largest absolute Gasteiger partial charge is 0.431 e. The first kappa shape index (κ1) is 15.4. The van der Waals surface area contributed by atoms with Gasteiger partial charge in [0.25, 0.3) is 11.8 Å². The zero-order valence-corrected chi connectivity index (χ0v) is 14.0. The Kier molecular flexibility index (Phi) is 4.54. The number of amides is 2. The second-order valence-corrected chi connectivity index (χ2v) is 6.30. The molecule has 0 saturated carbocycles. The van der Waals surface area contributed by atoms with Crippen molar-refractivity contribution in [2.75, 3.05) is 10.6 Å². The van der Waals surface area contributed by atoms with Crippen LogP contribution in [0.5, 0.6) is 0 Å². The second kappa shape index (κ2) is 6.76. The summed E-state index contributed by atoms with van der Waals surface area (Å²) in [6.07, 6.45) is 1.19. The molecule has 23 heavy (non-hydrogen) atoms. The van der Waals surface area contributed by atoms with Gasteiger partial charge in [-0.1, -0.05) is 28.1 Å². The summed E-state index contributed by atoms with van der Waals surface area (Å²) in [5, 5.41) is 6.98. The van der Waals surface area contributed by atoms with Gasteiger partial charge in [-0.05, 0) is 29.6 Å². The maximum atomic E-state index is 12.1. The van der Waals surface area contributed by atoms with Gasteiger partial charge in [0.1, 0.15) is 6.26 Å². The van der Waals surface area contributed by atoms with E-state index in [0.29, 0.717) is 10.6 Å². The molecule has 2 N–H and O–H groups in total. The van der Waals surface area contributed by atoms with Crippen LogP contribution >= 0.6 is 27.3 Å². The zero-order chi connectivity index (χ0) is 16.2. The molecule has 8 heteroatoms. The minimum absolute atomic E-state index is 0.0252. The second-order valence-electron chi connectivity index (χ2n) is 4.43. The molecule has 0 aliphatic carbocycles. The highest BCUT2D eigenvalue weighted by Crippen LogP contribution is 2.17. The molecule has 0 aliphatic rings. The van der Waals surface area contributed by atoms with E-state index in [9.17, 15) is 9.59 Å². The molecular formula is C15H10BrN3O3S. The fraction of sp³-hybridized carbons (Fsp3) is 0. The predicted octanol–water partition coefficient (Wildman–Crippen LogP) is 4.00. The summed E-state index contributed by atoms with van der Waals surface area (Å²) >= 11 is 4.63. The van der Waals surface area contributed by atoms with E-state index in [1.165, 1.54) is 17.6 Å². The lowest BCUT2D eigenvalue weighted by atomic mass is 10.3. The molecule has 0 saturated heterocycles. The van der Waals surface area contributed by atoms with Gasteiger partial charge in [-0.15, -0.1) is 11.3 Å². The van der Waals surface area contributed by atoms with E-state index in [0.717, 1.165) is 4.47 Å². The molecule has 1 aromatic carbocycles. The van der Waals surface area contributed by atoms with Crippen LogP contribution in [0.3, 0.4) is 0 Å². The van der Waals surface area contributed by atoms with Gasteiger partial charge in [0, 0.05) is 10.2 Å². The van der Waals surface area contributed by atoms with Crippen LogP contribution < -0.4 is 10.6 Å². The van der Waals surface area contributed by atoms with Gasteiger partial charge in [-0.2, -0.15) is 4.98 Å².